The predicted molar refractivity (Wildman–Crippen MR) is 90.0 cm³/mol. The summed E-state index contributed by atoms with van der Waals surface area (Å²) in [6.45, 7) is 3.87. The summed E-state index contributed by atoms with van der Waals surface area (Å²) in [5, 5.41) is 0.765. The van der Waals surface area contributed by atoms with Crippen molar-refractivity contribution in [1.29, 1.82) is 0 Å². The van der Waals surface area contributed by atoms with Gasteiger partial charge in [0.05, 0.1) is 5.56 Å². The van der Waals surface area contributed by atoms with Crippen molar-refractivity contribution in [3.05, 3.63) is 75.4 Å². The molecule has 1 aromatic carbocycles. The standard InChI is InChI=1S/C19H17NO4/c1-3-13-5-7-16-15(9-18(21)24-17(16)8-13)11-23-19(22)14-6-4-12(2)20-10-14/h4-10H,3,11H2,1-2H3. The Kier molecular flexibility index (Phi) is 4.42. The molecule has 0 fully saturated rings. The van der Waals surface area contributed by atoms with Gasteiger partial charge in [0.15, 0.2) is 0 Å². The summed E-state index contributed by atoms with van der Waals surface area (Å²) >= 11 is 0. The average Bonchev–Trinajstić information content (AvgIpc) is 2.59. The molecule has 5 nitrogen and oxygen atoms in total. The molecular formula is C19H17NO4. The molecule has 0 bridgehead atoms. The molecule has 0 radical (unpaired) electrons. The van der Waals surface area contributed by atoms with Crippen molar-refractivity contribution in [3.8, 4) is 0 Å². The highest BCUT2D eigenvalue weighted by atomic mass is 16.5. The molecule has 0 saturated carbocycles. The molecule has 24 heavy (non-hydrogen) atoms. The van der Waals surface area contributed by atoms with Crippen LogP contribution in [0.4, 0.5) is 0 Å². The van der Waals surface area contributed by atoms with Crippen LogP contribution in [0.1, 0.15) is 34.1 Å². The SMILES string of the molecule is CCc1ccc2c(COC(=O)c3ccc(C)nc3)cc(=O)oc2c1. The zero-order chi connectivity index (χ0) is 17.1. The van der Waals surface area contributed by atoms with Crippen molar-refractivity contribution in [3.63, 3.8) is 0 Å². The molecule has 3 rings (SSSR count). The Morgan fingerprint density at radius 3 is 2.75 bits per heavy atom. The first-order valence-electron chi connectivity index (χ1n) is 7.72. The maximum absolute atomic E-state index is 12.1. The molecular weight excluding hydrogens is 306 g/mol. The summed E-state index contributed by atoms with van der Waals surface area (Å²) in [5.74, 6) is -0.478. The van der Waals surface area contributed by atoms with E-state index in [9.17, 15) is 9.59 Å². The number of rotatable bonds is 4. The third-order valence-corrected chi connectivity index (χ3v) is 3.81. The fourth-order valence-corrected chi connectivity index (χ4v) is 2.43. The van der Waals surface area contributed by atoms with E-state index in [1.807, 2.05) is 32.0 Å². The molecule has 0 aliphatic rings. The van der Waals surface area contributed by atoms with Gasteiger partial charge < -0.3 is 9.15 Å². The van der Waals surface area contributed by atoms with Gasteiger partial charge in [0.1, 0.15) is 12.2 Å². The van der Waals surface area contributed by atoms with E-state index in [1.165, 1.54) is 12.3 Å². The van der Waals surface area contributed by atoms with Gasteiger partial charge in [0.2, 0.25) is 0 Å². The summed E-state index contributed by atoms with van der Waals surface area (Å²) in [6.07, 6.45) is 2.32. The third-order valence-electron chi connectivity index (χ3n) is 3.81. The van der Waals surface area contributed by atoms with Gasteiger partial charge in [-0.3, -0.25) is 4.98 Å². The van der Waals surface area contributed by atoms with E-state index >= 15 is 0 Å². The lowest BCUT2D eigenvalue weighted by Crippen LogP contribution is -2.08. The molecule has 0 atom stereocenters. The Bertz CT molecular complexity index is 942. The number of aryl methyl sites for hydroxylation is 2. The summed E-state index contributed by atoms with van der Waals surface area (Å²) in [7, 11) is 0. The molecule has 0 amide bonds. The lowest BCUT2D eigenvalue weighted by atomic mass is 10.1. The number of carbonyl (C=O) groups is 1. The zero-order valence-corrected chi connectivity index (χ0v) is 13.5. The number of pyridine rings is 1. The maximum Gasteiger partial charge on any atom is 0.340 e. The molecule has 2 aromatic heterocycles. The van der Waals surface area contributed by atoms with Gasteiger partial charge in [-0.05, 0) is 37.1 Å². The first-order chi connectivity index (χ1) is 11.6. The van der Waals surface area contributed by atoms with Gasteiger partial charge in [-0.15, -0.1) is 0 Å². The van der Waals surface area contributed by atoms with Crippen LogP contribution >= 0.6 is 0 Å². The topological polar surface area (TPSA) is 69.4 Å². The third kappa shape index (κ3) is 3.35. The maximum atomic E-state index is 12.1. The molecule has 2 heterocycles. The lowest BCUT2D eigenvalue weighted by molar-refractivity contribution is 0.0473. The van der Waals surface area contributed by atoms with Crippen LogP contribution in [0.2, 0.25) is 0 Å². The summed E-state index contributed by atoms with van der Waals surface area (Å²) < 4.78 is 10.6. The smallest absolute Gasteiger partial charge is 0.340 e. The van der Waals surface area contributed by atoms with Crippen LogP contribution in [0.25, 0.3) is 11.0 Å². The van der Waals surface area contributed by atoms with Gasteiger partial charge in [-0.2, -0.15) is 0 Å². The number of ether oxygens (including phenoxy) is 1. The normalized spacial score (nSPS) is 10.8. The van der Waals surface area contributed by atoms with Gasteiger partial charge in [-0.25, -0.2) is 9.59 Å². The monoisotopic (exact) mass is 323 g/mol. The summed E-state index contributed by atoms with van der Waals surface area (Å²) in [4.78, 5) is 27.9. The number of esters is 1. The Morgan fingerprint density at radius 2 is 2.04 bits per heavy atom. The Balaban J connectivity index is 1.85. The van der Waals surface area contributed by atoms with Gasteiger partial charge in [0, 0.05) is 28.9 Å². The van der Waals surface area contributed by atoms with E-state index in [0.29, 0.717) is 16.7 Å². The Morgan fingerprint density at radius 1 is 1.21 bits per heavy atom. The minimum atomic E-state index is -0.478. The minimum absolute atomic E-state index is 0.000279. The van der Waals surface area contributed by atoms with Gasteiger partial charge in [-0.1, -0.05) is 19.1 Å². The Labute approximate surface area is 138 Å². The van der Waals surface area contributed by atoms with Crippen molar-refractivity contribution in [2.75, 3.05) is 0 Å². The molecule has 0 saturated heterocycles. The average molecular weight is 323 g/mol. The fraction of sp³-hybridized carbons (Fsp3) is 0.211. The molecule has 0 N–H and O–H groups in total. The van der Waals surface area contributed by atoms with Crippen molar-refractivity contribution in [2.45, 2.75) is 26.9 Å². The molecule has 0 unspecified atom stereocenters. The van der Waals surface area contributed by atoms with Crippen LogP contribution in [0.15, 0.2) is 51.8 Å². The number of benzene rings is 1. The van der Waals surface area contributed by atoms with E-state index in [1.54, 1.807) is 12.1 Å². The zero-order valence-electron chi connectivity index (χ0n) is 13.5. The first-order valence-corrected chi connectivity index (χ1v) is 7.72. The van der Waals surface area contributed by atoms with Crippen LogP contribution in [0.3, 0.4) is 0 Å². The van der Waals surface area contributed by atoms with Crippen LogP contribution in [0.5, 0.6) is 0 Å². The van der Waals surface area contributed by atoms with Crippen molar-refractivity contribution < 1.29 is 13.9 Å². The van der Waals surface area contributed by atoms with Crippen LogP contribution in [-0.4, -0.2) is 11.0 Å². The van der Waals surface area contributed by atoms with Gasteiger partial charge >= 0.3 is 11.6 Å². The number of aromatic nitrogens is 1. The summed E-state index contributed by atoms with van der Waals surface area (Å²) in [6, 6.07) is 10.5. The van der Waals surface area contributed by atoms with Crippen LogP contribution < -0.4 is 5.63 Å². The molecule has 0 spiro atoms. The first kappa shape index (κ1) is 15.9. The highest BCUT2D eigenvalue weighted by molar-refractivity contribution is 5.89. The van der Waals surface area contributed by atoms with Crippen LogP contribution in [-0.2, 0) is 17.8 Å². The van der Waals surface area contributed by atoms with Crippen molar-refractivity contribution >= 4 is 16.9 Å². The second-order valence-electron chi connectivity index (χ2n) is 5.54. The van der Waals surface area contributed by atoms with Crippen molar-refractivity contribution in [1.82, 2.24) is 4.98 Å². The fourth-order valence-electron chi connectivity index (χ4n) is 2.43. The minimum Gasteiger partial charge on any atom is -0.457 e. The number of hydrogen-bond acceptors (Lipinski definition) is 5. The molecule has 0 aliphatic heterocycles. The predicted octanol–water partition coefficient (Wildman–Crippen LogP) is 3.42. The largest absolute Gasteiger partial charge is 0.457 e. The van der Waals surface area contributed by atoms with Crippen LogP contribution in [0, 0.1) is 6.92 Å². The highest BCUT2D eigenvalue weighted by Gasteiger charge is 2.11. The van der Waals surface area contributed by atoms with Gasteiger partial charge in [0.25, 0.3) is 0 Å². The number of fused-ring (bicyclic) bond motifs is 1. The van der Waals surface area contributed by atoms with Crippen molar-refractivity contribution in [2.24, 2.45) is 0 Å². The number of hydrogen-bond donors (Lipinski definition) is 0. The Hall–Kier alpha value is -2.95. The highest BCUT2D eigenvalue weighted by Crippen LogP contribution is 2.20. The van der Waals surface area contributed by atoms with E-state index in [2.05, 4.69) is 4.98 Å². The molecule has 3 aromatic rings. The summed E-state index contributed by atoms with van der Waals surface area (Å²) in [5.41, 5.74) is 2.94. The quantitative estimate of drug-likeness (QED) is 0.543. The van der Waals surface area contributed by atoms with E-state index < -0.39 is 11.6 Å². The number of carbonyl (C=O) groups excluding carboxylic acids is 1. The lowest BCUT2D eigenvalue weighted by Gasteiger charge is -2.08. The van der Waals surface area contributed by atoms with E-state index in [0.717, 1.165) is 23.1 Å². The second-order valence-corrected chi connectivity index (χ2v) is 5.54. The second kappa shape index (κ2) is 6.66. The van der Waals surface area contributed by atoms with E-state index in [-0.39, 0.29) is 6.61 Å². The molecule has 5 heteroatoms. The molecule has 122 valence electrons. The molecule has 0 aliphatic carbocycles. The van der Waals surface area contributed by atoms with E-state index in [4.69, 9.17) is 9.15 Å². The number of nitrogens with zero attached hydrogens (tertiary/aromatic N) is 1.